The zero-order chi connectivity index (χ0) is 18.3. The van der Waals surface area contributed by atoms with E-state index < -0.39 is 5.82 Å². The molecular weight excluding hydrogens is 341 g/mol. The Morgan fingerprint density at radius 1 is 1.24 bits per heavy atom. The number of ether oxygens (including phenoxy) is 1. The molecule has 0 saturated heterocycles. The van der Waals surface area contributed by atoms with E-state index in [1.54, 1.807) is 36.5 Å². The van der Waals surface area contributed by atoms with Crippen LogP contribution in [0.3, 0.4) is 0 Å². The SMILES string of the molecule is [2H]c1ncc2c(n1)-c1ccc(Cl)cc1C(c1c(F)cccc1OC)=NC2. The van der Waals surface area contributed by atoms with Crippen LogP contribution < -0.4 is 4.74 Å². The highest BCUT2D eigenvalue weighted by atomic mass is 35.5. The average Bonchev–Trinajstić information content (AvgIpc) is 2.78. The normalized spacial score (nSPS) is 13.2. The first-order valence-corrected chi connectivity index (χ1v) is 7.96. The van der Waals surface area contributed by atoms with Crippen molar-refractivity contribution in [3.8, 4) is 17.0 Å². The highest BCUT2D eigenvalue weighted by molar-refractivity contribution is 6.31. The third-order valence-corrected chi connectivity index (χ3v) is 4.31. The number of fused-ring (bicyclic) bond motifs is 3. The molecule has 0 amide bonds. The molecule has 4 nitrogen and oxygen atoms in total. The van der Waals surface area contributed by atoms with Gasteiger partial charge in [0.1, 0.15) is 19.2 Å². The summed E-state index contributed by atoms with van der Waals surface area (Å²) in [7, 11) is 1.49. The molecule has 1 aromatic heterocycles. The molecule has 2 aromatic carbocycles. The standard InChI is InChI=1S/C19H13ClFN3O/c1-25-16-4-2-3-15(21)17(16)19-14-7-12(20)5-6-13(14)18-11(9-23-19)8-22-10-24-18/h2-8,10H,9H2,1H3/i10D. The van der Waals surface area contributed by atoms with Gasteiger partial charge in [-0.05, 0) is 24.3 Å². The first-order valence-electron chi connectivity index (χ1n) is 8.08. The summed E-state index contributed by atoms with van der Waals surface area (Å²) in [4.78, 5) is 12.8. The van der Waals surface area contributed by atoms with Crippen LogP contribution in [0, 0.1) is 5.82 Å². The highest BCUT2D eigenvalue weighted by Crippen LogP contribution is 2.35. The van der Waals surface area contributed by atoms with E-state index >= 15 is 0 Å². The Hall–Kier alpha value is -2.79. The van der Waals surface area contributed by atoms with Crippen LogP contribution in [-0.2, 0) is 6.54 Å². The Kier molecular flexibility index (Phi) is 3.64. The molecule has 1 aliphatic heterocycles. The minimum absolute atomic E-state index is 0.0865. The molecule has 4 rings (SSSR count). The van der Waals surface area contributed by atoms with Crippen molar-refractivity contribution < 1.29 is 10.5 Å². The number of rotatable bonds is 2. The molecule has 0 unspecified atom stereocenters. The van der Waals surface area contributed by atoms with Crippen LogP contribution >= 0.6 is 11.6 Å². The quantitative estimate of drug-likeness (QED) is 0.689. The van der Waals surface area contributed by atoms with Gasteiger partial charge in [0.15, 0.2) is 0 Å². The minimum Gasteiger partial charge on any atom is -0.496 e. The molecule has 0 saturated carbocycles. The second kappa shape index (κ2) is 6.26. The van der Waals surface area contributed by atoms with Gasteiger partial charge in [-0.2, -0.15) is 0 Å². The monoisotopic (exact) mass is 354 g/mol. The topological polar surface area (TPSA) is 47.4 Å². The molecule has 0 atom stereocenters. The number of nitrogens with zero attached hydrogens (tertiary/aromatic N) is 3. The molecule has 0 spiro atoms. The van der Waals surface area contributed by atoms with Crippen LogP contribution in [0.2, 0.25) is 5.02 Å². The predicted octanol–water partition coefficient (Wildman–Crippen LogP) is 4.30. The molecule has 6 heteroatoms. The van der Waals surface area contributed by atoms with Crippen molar-refractivity contribution in [2.45, 2.75) is 6.54 Å². The van der Waals surface area contributed by atoms with Gasteiger partial charge in [-0.25, -0.2) is 14.4 Å². The number of aromatic nitrogens is 2. The van der Waals surface area contributed by atoms with Crippen molar-refractivity contribution in [2.75, 3.05) is 7.11 Å². The Morgan fingerprint density at radius 2 is 2.12 bits per heavy atom. The third kappa shape index (κ3) is 2.66. The van der Waals surface area contributed by atoms with Gasteiger partial charge in [0.2, 0.25) is 0 Å². The fraction of sp³-hybridized carbons (Fsp3) is 0.105. The van der Waals surface area contributed by atoms with E-state index in [0.717, 1.165) is 11.1 Å². The Bertz CT molecular complexity index is 1050. The fourth-order valence-corrected chi connectivity index (χ4v) is 3.13. The van der Waals surface area contributed by atoms with E-state index in [1.807, 2.05) is 0 Å². The van der Waals surface area contributed by atoms with Crippen molar-refractivity contribution in [1.82, 2.24) is 9.97 Å². The van der Waals surface area contributed by atoms with Crippen molar-refractivity contribution in [1.29, 1.82) is 0 Å². The van der Waals surface area contributed by atoms with Crippen LogP contribution in [0.4, 0.5) is 4.39 Å². The molecule has 124 valence electrons. The maximum atomic E-state index is 14.7. The first kappa shape index (κ1) is 14.5. The molecular formula is C19H13ClFN3O. The summed E-state index contributed by atoms with van der Waals surface area (Å²) >= 11 is 6.20. The molecule has 0 bridgehead atoms. The second-order valence-corrected chi connectivity index (χ2v) is 5.95. The highest BCUT2D eigenvalue weighted by Gasteiger charge is 2.24. The summed E-state index contributed by atoms with van der Waals surface area (Å²) in [5.74, 6) is -0.0554. The van der Waals surface area contributed by atoms with E-state index in [4.69, 9.17) is 17.7 Å². The molecule has 3 aromatic rings. The van der Waals surface area contributed by atoms with E-state index in [9.17, 15) is 4.39 Å². The summed E-state index contributed by atoms with van der Waals surface area (Å²) in [6, 6.07) is 9.90. The third-order valence-electron chi connectivity index (χ3n) is 4.08. The molecule has 25 heavy (non-hydrogen) atoms. The van der Waals surface area contributed by atoms with E-state index in [2.05, 4.69) is 15.0 Å². The maximum Gasteiger partial charge on any atom is 0.136 e. The lowest BCUT2D eigenvalue weighted by atomic mass is 9.94. The van der Waals surface area contributed by atoms with Crippen LogP contribution in [0.15, 0.2) is 53.9 Å². The zero-order valence-electron chi connectivity index (χ0n) is 14.3. The number of halogens is 2. The van der Waals surface area contributed by atoms with Gasteiger partial charge in [0.25, 0.3) is 0 Å². The van der Waals surface area contributed by atoms with Crippen molar-refractivity contribution >= 4 is 17.3 Å². The number of aliphatic imine (C=N–C) groups is 1. The van der Waals surface area contributed by atoms with Crippen molar-refractivity contribution in [3.05, 3.63) is 76.4 Å². The van der Waals surface area contributed by atoms with Gasteiger partial charge in [-0.1, -0.05) is 23.7 Å². The Morgan fingerprint density at radius 3 is 2.96 bits per heavy atom. The smallest absolute Gasteiger partial charge is 0.136 e. The number of methoxy groups -OCH3 is 1. The van der Waals surface area contributed by atoms with Gasteiger partial charge < -0.3 is 4.74 Å². The Labute approximate surface area is 150 Å². The lowest BCUT2D eigenvalue weighted by molar-refractivity contribution is 0.410. The summed E-state index contributed by atoms with van der Waals surface area (Å²) in [5, 5.41) is 0.496. The molecule has 0 fully saturated rings. The molecule has 1 aliphatic rings. The predicted molar refractivity (Wildman–Crippen MR) is 94.8 cm³/mol. The molecule has 0 radical (unpaired) electrons. The van der Waals surface area contributed by atoms with Gasteiger partial charge in [-0.15, -0.1) is 0 Å². The summed E-state index contributed by atoms with van der Waals surface area (Å²) in [6.45, 7) is 0.259. The molecule has 2 heterocycles. The van der Waals surface area contributed by atoms with Gasteiger partial charge in [0.05, 0.1) is 30.6 Å². The summed E-state index contributed by atoms with van der Waals surface area (Å²) < 4.78 is 27.8. The van der Waals surface area contributed by atoms with Gasteiger partial charge in [0, 0.05) is 27.9 Å². The number of hydrogen-bond acceptors (Lipinski definition) is 4. The van der Waals surface area contributed by atoms with Crippen molar-refractivity contribution in [2.24, 2.45) is 4.99 Å². The largest absolute Gasteiger partial charge is 0.496 e. The second-order valence-electron chi connectivity index (χ2n) is 5.52. The summed E-state index contributed by atoms with van der Waals surface area (Å²) in [5.41, 5.74) is 3.42. The van der Waals surface area contributed by atoms with E-state index in [1.165, 1.54) is 13.2 Å². The summed E-state index contributed by atoms with van der Waals surface area (Å²) in [6.07, 6.45) is 1.49. The van der Waals surface area contributed by atoms with E-state index in [-0.39, 0.29) is 18.4 Å². The first-order chi connectivity index (χ1) is 12.6. The lowest BCUT2D eigenvalue weighted by Gasteiger charge is -2.14. The average molecular weight is 355 g/mol. The van der Waals surface area contributed by atoms with Crippen LogP contribution in [0.1, 0.15) is 18.1 Å². The minimum atomic E-state index is -0.438. The van der Waals surface area contributed by atoms with Crippen LogP contribution in [0.5, 0.6) is 5.75 Å². The van der Waals surface area contributed by atoms with Crippen molar-refractivity contribution in [3.63, 3.8) is 0 Å². The van der Waals surface area contributed by atoms with Gasteiger partial charge >= 0.3 is 0 Å². The van der Waals surface area contributed by atoms with Gasteiger partial charge in [-0.3, -0.25) is 4.99 Å². The number of benzene rings is 2. The molecule has 0 N–H and O–H groups in total. The van der Waals surface area contributed by atoms with Crippen LogP contribution in [0.25, 0.3) is 11.3 Å². The Balaban J connectivity index is 2.04. The number of hydrogen-bond donors (Lipinski definition) is 0. The fourth-order valence-electron chi connectivity index (χ4n) is 2.95. The molecule has 0 aliphatic carbocycles. The van der Waals surface area contributed by atoms with E-state index in [0.29, 0.717) is 27.7 Å². The lowest BCUT2D eigenvalue weighted by Crippen LogP contribution is -2.09. The maximum absolute atomic E-state index is 14.7. The van der Waals surface area contributed by atoms with Crippen LogP contribution in [-0.4, -0.2) is 22.8 Å². The zero-order valence-corrected chi connectivity index (χ0v) is 14.0.